The fourth-order valence-electron chi connectivity index (χ4n) is 1.55. The van der Waals surface area contributed by atoms with Gasteiger partial charge in [-0.3, -0.25) is 0 Å². The van der Waals surface area contributed by atoms with Crippen molar-refractivity contribution in [3.05, 3.63) is 42.5 Å². The summed E-state index contributed by atoms with van der Waals surface area (Å²) >= 11 is 0. The fraction of sp³-hybridized carbons (Fsp3) is 0.231. The molecule has 1 atom stereocenters. The molecule has 1 aromatic rings. The predicted molar refractivity (Wildman–Crippen MR) is 62.2 cm³/mol. The molecule has 0 amide bonds. The summed E-state index contributed by atoms with van der Waals surface area (Å²) in [5.41, 5.74) is 0.859. The van der Waals surface area contributed by atoms with Crippen LogP contribution in [0.1, 0.15) is 5.56 Å². The van der Waals surface area contributed by atoms with Gasteiger partial charge in [0, 0.05) is 6.42 Å². The summed E-state index contributed by atoms with van der Waals surface area (Å²) in [6.45, 7) is 3.99. The van der Waals surface area contributed by atoms with Crippen molar-refractivity contribution in [3.63, 3.8) is 0 Å². The summed E-state index contributed by atoms with van der Waals surface area (Å²) in [7, 11) is 0. The van der Waals surface area contributed by atoms with Gasteiger partial charge >= 0.3 is 12.1 Å². The lowest BCUT2D eigenvalue weighted by molar-refractivity contribution is -0.136. The SMILES string of the molecule is C=CCOc1ccc(C[C@@H]2OC(=O)OC2=O)cc1. The van der Waals surface area contributed by atoms with Crippen molar-refractivity contribution in [2.45, 2.75) is 12.5 Å². The number of carbonyl (C=O) groups excluding carboxylic acids is 2. The first kappa shape index (κ1) is 12.2. The number of rotatable bonds is 5. The second-order valence-corrected chi connectivity index (χ2v) is 3.73. The zero-order chi connectivity index (χ0) is 13.0. The minimum atomic E-state index is -0.934. The molecule has 1 fully saturated rings. The number of cyclic esters (lactones) is 3. The maximum Gasteiger partial charge on any atom is 0.517 e. The van der Waals surface area contributed by atoms with E-state index in [9.17, 15) is 9.59 Å². The maximum atomic E-state index is 11.2. The number of esters is 1. The summed E-state index contributed by atoms with van der Waals surface area (Å²) in [4.78, 5) is 21.9. The van der Waals surface area contributed by atoms with E-state index in [0.717, 1.165) is 5.56 Å². The third kappa shape index (κ3) is 2.88. The van der Waals surface area contributed by atoms with Crippen molar-refractivity contribution in [2.75, 3.05) is 6.61 Å². The van der Waals surface area contributed by atoms with Gasteiger partial charge in [-0.25, -0.2) is 9.59 Å². The van der Waals surface area contributed by atoms with E-state index in [0.29, 0.717) is 18.8 Å². The third-order valence-corrected chi connectivity index (χ3v) is 2.40. The summed E-state index contributed by atoms with van der Waals surface area (Å²) in [6, 6.07) is 7.16. The highest BCUT2D eigenvalue weighted by Crippen LogP contribution is 2.17. The molecule has 0 unspecified atom stereocenters. The van der Waals surface area contributed by atoms with Crippen LogP contribution < -0.4 is 4.74 Å². The van der Waals surface area contributed by atoms with Crippen LogP contribution in [0.15, 0.2) is 36.9 Å². The van der Waals surface area contributed by atoms with Crippen molar-refractivity contribution in [2.24, 2.45) is 0 Å². The first-order chi connectivity index (χ1) is 8.69. The monoisotopic (exact) mass is 248 g/mol. The largest absolute Gasteiger partial charge is 0.517 e. The Morgan fingerprint density at radius 3 is 2.56 bits per heavy atom. The minimum Gasteiger partial charge on any atom is -0.490 e. The summed E-state index contributed by atoms with van der Waals surface area (Å²) in [6.07, 6.45) is 0.169. The molecular weight excluding hydrogens is 236 g/mol. The molecule has 18 heavy (non-hydrogen) atoms. The van der Waals surface area contributed by atoms with Gasteiger partial charge in [0.1, 0.15) is 12.4 Å². The van der Waals surface area contributed by atoms with Crippen molar-refractivity contribution in [1.82, 2.24) is 0 Å². The molecule has 1 heterocycles. The Hall–Kier alpha value is -2.30. The topological polar surface area (TPSA) is 61.8 Å². The second-order valence-electron chi connectivity index (χ2n) is 3.73. The Morgan fingerprint density at radius 1 is 1.28 bits per heavy atom. The Labute approximate surface area is 104 Å². The molecular formula is C13H12O5. The number of hydrogen-bond acceptors (Lipinski definition) is 5. The Bertz CT molecular complexity index is 463. The molecule has 2 rings (SSSR count). The highest BCUT2D eigenvalue weighted by atomic mass is 16.8. The molecule has 1 saturated heterocycles. The average molecular weight is 248 g/mol. The van der Waals surface area contributed by atoms with E-state index in [4.69, 9.17) is 9.47 Å². The van der Waals surface area contributed by atoms with Crippen molar-refractivity contribution >= 4 is 12.1 Å². The molecule has 5 nitrogen and oxygen atoms in total. The van der Waals surface area contributed by atoms with E-state index in [-0.39, 0.29) is 0 Å². The zero-order valence-electron chi connectivity index (χ0n) is 9.63. The van der Waals surface area contributed by atoms with Gasteiger partial charge in [0.15, 0.2) is 0 Å². The fourth-order valence-corrected chi connectivity index (χ4v) is 1.55. The maximum absolute atomic E-state index is 11.2. The average Bonchev–Trinajstić information content (AvgIpc) is 2.67. The van der Waals surface area contributed by atoms with Crippen LogP contribution in [0.4, 0.5) is 4.79 Å². The molecule has 1 aliphatic rings. The van der Waals surface area contributed by atoms with Crippen LogP contribution in [-0.2, 0) is 20.7 Å². The minimum absolute atomic E-state index is 0.298. The van der Waals surface area contributed by atoms with E-state index in [1.165, 1.54) is 0 Å². The standard InChI is InChI=1S/C13H12O5/c1-2-7-16-10-5-3-9(4-6-10)8-11-12(14)18-13(15)17-11/h2-6,11H,1,7-8H2/t11-/m0/s1. The lowest BCUT2D eigenvalue weighted by atomic mass is 10.1. The smallest absolute Gasteiger partial charge is 0.490 e. The van der Waals surface area contributed by atoms with Gasteiger partial charge in [-0.15, -0.1) is 0 Å². The van der Waals surface area contributed by atoms with Gasteiger partial charge in [0.05, 0.1) is 0 Å². The van der Waals surface area contributed by atoms with E-state index < -0.39 is 18.2 Å². The molecule has 0 bridgehead atoms. The van der Waals surface area contributed by atoms with Gasteiger partial charge in [-0.05, 0) is 17.7 Å². The van der Waals surface area contributed by atoms with Crippen molar-refractivity contribution < 1.29 is 23.8 Å². The predicted octanol–water partition coefficient (Wildman–Crippen LogP) is 1.86. The first-order valence-corrected chi connectivity index (χ1v) is 5.44. The number of ether oxygens (including phenoxy) is 3. The van der Waals surface area contributed by atoms with Crippen LogP contribution in [0.5, 0.6) is 5.75 Å². The quantitative estimate of drug-likeness (QED) is 0.452. The molecule has 0 aliphatic carbocycles. The molecule has 0 aromatic heterocycles. The molecule has 1 aliphatic heterocycles. The van der Waals surface area contributed by atoms with Crippen LogP contribution in [0, 0.1) is 0 Å². The zero-order valence-corrected chi connectivity index (χ0v) is 9.63. The van der Waals surface area contributed by atoms with Crippen LogP contribution >= 0.6 is 0 Å². The highest BCUT2D eigenvalue weighted by Gasteiger charge is 2.35. The number of carbonyl (C=O) groups is 2. The number of hydrogen-bond donors (Lipinski definition) is 0. The van der Waals surface area contributed by atoms with E-state index in [1.54, 1.807) is 30.3 Å². The lowest BCUT2D eigenvalue weighted by Crippen LogP contribution is -2.18. The number of benzene rings is 1. The van der Waals surface area contributed by atoms with Crippen molar-refractivity contribution in [3.8, 4) is 5.75 Å². The Balaban J connectivity index is 1.95. The van der Waals surface area contributed by atoms with E-state index in [2.05, 4.69) is 11.3 Å². The lowest BCUT2D eigenvalue weighted by Gasteiger charge is -2.06. The first-order valence-electron chi connectivity index (χ1n) is 5.44. The normalized spacial score (nSPS) is 18.1. The summed E-state index contributed by atoms with van der Waals surface area (Å²) in [5.74, 6) is 0.0663. The van der Waals surface area contributed by atoms with E-state index >= 15 is 0 Å². The van der Waals surface area contributed by atoms with Crippen LogP contribution in [-0.4, -0.2) is 24.8 Å². The molecule has 1 aromatic carbocycles. The van der Waals surface area contributed by atoms with Gasteiger partial charge in [0.2, 0.25) is 6.10 Å². The summed E-state index contributed by atoms with van der Waals surface area (Å²) in [5, 5.41) is 0. The highest BCUT2D eigenvalue weighted by molar-refractivity contribution is 5.91. The van der Waals surface area contributed by atoms with Crippen LogP contribution in [0.3, 0.4) is 0 Å². The molecule has 5 heteroatoms. The van der Waals surface area contributed by atoms with Gasteiger partial charge < -0.3 is 14.2 Å². The molecule has 94 valence electrons. The molecule has 0 spiro atoms. The summed E-state index contributed by atoms with van der Waals surface area (Å²) < 4.78 is 14.3. The Kier molecular flexibility index (Phi) is 3.62. The van der Waals surface area contributed by atoms with Gasteiger partial charge in [-0.2, -0.15) is 0 Å². The molecule has 0 radical (unpaired) electrons. The van der Waals surface area contributed by atoms with Crippen LogP contribution in [0.25, 0.3) is 0 Å². The Morgan fingerprint density at radius 2 is 2.00 bits per heavy atom. The van der Waals surface area contributed by atoms with Crippen molar-refractivity contribution in [1.29, 1.82) is 0 Å². The van der Waals surface area contributed by atoms with Crippen LogP contribution in [0.2, 0.25) is 0 Å². The van der Waals surface area contributed by atoms with Gasteiger partial charge in [-0.1, -0.05) is 24.8 Å². The third-order valence-electron chi connectivity index (χ3n) is 2.40. The van der Waals surface area contributed by atoms with E-state index in [1.807, 2.05) is 0 Å². The molecule has 0 saturated carbocycles. The molecule has 0 N–H and O–H groups in total. The second kappa shape index (κ2) is 5.35. The van der Waals surface area contributed by atoms with Gasteiger partial charge in [0.25, 0.3) is 0 Å².